The van der Waals surface area contributed by atoms with Crippen LogP contribution < -0.4 is 4.74 Å². The third-order valence-corrected chi connectivity index (χ3v) is 7.85. The molecule has 3 rings (SSSR count). The van der Waals surface area contributed by atoms with Gasteiger partial charge in [-0.25, -0.2) is 18.4 Å². The second kappa shape index (κ2) is 11.8. The number of aliphatic hydroxyl groups is 1. The highest BCUT2D eigenvalue weighted by Gasteiger charge is 2.38. The van der Waals surface area contributed by atoms with E-state index >= 15 is 0 Å². The van der Waals surface area contributed by atoms with Gasteiger partial charge in [-0.3, -0.25) is 4.90 Å². The molecular formula is C25H34N4O4S. The molecule has 9 heteroatoms. The zero-order chi connectivity index (χ0) is 24.7. The number of rotatable bonds is 7. The van der Waals surface area contributed by atoms with E-state index in [1.165, 1.54) is 10.6 Å². The number of ether oxygens (including phenoxy) is 1. The van der Waals surface area contributed by atoms with Crippen LogP contribution in [-0.2, 0) is 16.6 Å². The van der Waals surface area contributed by atoms with Crippen molar-refractivity contribution in [2.75, 3.05) is 26.7 Å². The molecule has 1 N–H and O–H groups in total. The summed E-state index contributed by atoms with van der Waals surface area (Å²) in [5.74, 6) is 6.38. The number of aliphatic hydroxyl groups excluding tert-OH is 1. The normalized spacial score (nSPS) is 20.9. The first-order valence-electron chi connectivity index (χ1n) is 11.6. The van der Waals surface area contributed by atoms with Crippen molar-refractivity contribution in [2.45, 2.75) is 57.2 Å². The number of nitrogens with zero attached hydrogens (tertiary/aromatic N) is 4. The van der Waals surface area contributed by atoms with Gasteiger partial charge in [-0.2, -0.15) is 4.31 Å². The first-order chi connectivity index (χ1) is 16.3. The minimum atomic E-state index is -3.86. The van der Waals surface area contributed by atoms with Crippen LogP contribution in [0.1, 0.15) is 44.7 Å². The van der Waals surface area contributed by atoms with Gasteiger partial charge in [0.15, 0.2) is 0 Å². The van der Waals surface area contributed by atoms with Crippen molar-refractivity contribution in [3.63, 3.8) is 0 Å². The van der Waals surface area contributed by atoms with Gasteiger partial charge in [0.1, 0.15) is 23.1 Å². The molecule has 2 heterocycles. The highest BCUT2D eigenvalue weighted by molar-refractivity contribution is 7.89. The summed E-state index contributed by atoms with van der Waals surface area (Å²) < 4.78 is 34.9. The van der Waals surface area contributed by atoms with Crippen LogP contribution in [0.15, 0.2) is 41.8 Å². The maximum Gasteiger partial charge on any atom is 0.247 e. The molecule has 0 unspecified atom stereocenters. The molecule has 34 heavy (non-hydrogen) atoms. The molecule has 3 atom stereocenters. The number of aromatic nitrogens is 2. The first-order valence-corrected chi connectivity index (χ1v) is 13.0. The molecule has 0 spiro atoms. The maximum absolute atomic E-state index is 13.5. The molecule has 1 aliphatic rings. The van der Waals surface area contributed by atoms with Crippen molar-refractivity contribution in [3.8, 4) is 17.6 Å². The van der Waals surface area contributed by atoms with E-state index in [4.69, 9.17) is 4.74 Å². The molecule has 0 fully saturated rings. The average Bonchev–Trinajstić information content (AvgIpc) is 2.81. The number of hydrogen-bond acceptors (Lipinski definition) is 7. The van der Waals surface area contributed by atoms with Crippen LogP contribution in [0.25, 0.3) is 0 Å². The van der Waals surface area contributed by atoms with E-state index in [-0.39, 0.29) is 30.1 Å². The minimum absolute atomic E-state index is 0.102. The van der Waals surface area contributed by atoms with E-state index in [2.05, 4.69) is 33.6 Å². The lowest BCUT2D eigenvalue weighted by atomic mass is 10.0. The number of benzene rings is 1. The highest BCUT2D eigenvalue weighted by atomic mass is 32.2. The Labute approximate surface area is 203 Å². The molecule has 184 valence electrons. The lowest BCUT2D eigenvalue weighted by molar-refractivity contribution is 0.0733. The Morgan fingerprint density at radius 1 is 1.32 bits per heavy atom. The largest absolute Gasteiger partial charge is 0.487 e. The van der Waals surface area contributed by atoms with E-state index < -0.39 is 16.1 Å². The summed E-state index contributed by atoms with van der Waals surface area (Å²) in [6.45, 7) is 6.95. The summed E-state index contributed by atoms with van der Waals surface area (Å²) >= 11 is 0. The molecule has 8 nitrogen and oxygen atoms in total. The van der Waals surface area contributed by atoms with Crippen LogP contribution in [-0.4, -0.2) is 71.6 Å². The average molecular weight is 487 g/mol. The number of fused-ring (bicyclic) bond motifs is 1. The highest BCUT2D eigenvalue weighted by Crippen LogP contribution is 2.34. The Kier molecular flexibility index (Phi) is 9.03. The molecule has 0 aliphatic carbocycles. The summed E-state index contributed by atoms with van der Waals surface area (Å²) in [5, 5.41) is 9.78. The van der Waals surface area contributed by atoms with E-state index in [1.54, 1.807) is 37.5 Å². The van der Waals surface area contributed by atoms with Crippen LogP contribution in [0.5, 0.6) is 5.75 Å². The van der Waals surface area contributed by atoms with E-state index in [9.17, 15) is 13.5 Å². The smallest absolute Gasteiger partial charge is 0.247 e. The molecule has 0 saturated carbocycles. The van der Waals surface area contributed by atoms with E-state index in [0.29, 0.717) is 24.4 Å². The summed E-state index contributed by atoms with van der Waals surface area (Å²) in [5.41, 5.74) is 1.70. The summed E-state index contributed by atoms with van der Waals surface area (Å²) in [4.78, 5) is 10.4. The van der Waals surface area contributed by atoms with Gasteiger partial charge in [0.05, 0.1) is 6.61 Å². The quantitative estimate of drug-likeness (QED) is 0.601. The van der Waals surface area contributed by atoms with Crippen molar-refractivity contribution in [2.24, 2.45) is 5.92 Å². The SMILES string of the molecule is CCCC#Cc1ccc2c(c1)O[C@H](CN(C)Cc1cncnc1)[C@H](C)CN([C@@H](C)CO)S2(=O)=O. The molecule has 1 aromatic carbocycles. The number of hydrogen-bond donors (Lipinski definition) is 1. The minimum Gasteiger partial charge on any atom is -0.487 e. The lowest BCUT2D eigenvalue weighted by Crippen LogP contribution is -2.49. The van der Waals surface area contributed by atoms with Crippen molar-refractivity contribution in [1.29, 1.82) is 0 Å². The second-order valence-electron chi connectivity index (χ2n) is 8.90. The Hall–Kier alpha value is -2.51. The lowest BCUT2D eigenvalue weighted by Gasteiger charge is -2.37. The summed E-state index contributed by atoms with van der Waals surface area (Å²) in [6.07, 6.45) is 6.50. The zero-order valence-electron chi connectivity index (χ0n) is 20.3. The third-order valence-electron chi connectivity index (χ3n) is 5.83. The molecule has 0 saturated heterocycles. The van der Waals surface area contributed by atoms with Gasteiger partial charge in [-0.15, -0.1) is 0 Å². The van der Waals surface area contributed by atoms with Gasteiger partial charge >= 0.3 is 0 Å². The van der Waals surface area contributed by atoms with E-state index in [1.807, 2.05) is 14.0 Å². The predicted octanol–water partition coefficient (Wildman–Crippen LogP) is 2.53. The van der Waals surface area contributed by atoms with Gasteiger partial charge in [0.2, 0.25) is 10.0 Å². The predicted molar refractivity (Wildman–Crippen MR) is 131 cm³/mol. The Bertz CT molecular complexity index is 1110. The number of sulfonamides is 1. The van der Waals surface area contributed by atoms with Crippen molar-refractivity contribution < 1.29 is 18.3 Å². The van der Waals surface area contributed by atoms with Gasteiger partial charge in [0.25, 0.3) is 0 Å². The van der Waals surface area contributed by atoms with Gasteiger partial charge in [-0.1, -0.05) is 25.7 Å². The molecular weight excluding hydrogens is 452 g/mol. The van der Waals surface area contributed by atoms with Crippen LogP contribution in [0.2, 0.25) is 0 Å². The molecule has 2 aromatic rings. The van der Waals surface area contributed by atoms with Gasteiger partial charge in [-0.05, 0) is 38.6 Å². The fourth-order valence-corrected chi connectivity index (χ4v) is 5.73. The maximum atomic E-state index is 13.5. The summed E-state index contributed by atoms with van der Waals surface area (Å²) in [7, 11) is -1.87. The van der Waals surface area contributed by atoms with Crippen molar-refractivity contribution >= 4 is 10.0 Å². The number of unbranched alkanes of at least 4 members (excludes halogenated alkanes) is 1. The zero-order valence-corrected chi connectivity index (χ0v) is 21.1. The fourth-order valence-electron chi connectivity index (χ4n) is 3.91. The third kappa shape index (κ3) is 6.33. The first kappa shape index (κ1) is 26.1. The van der Waals surface area contributed by atoms with E-state index in [0.717, 1.165) is 18.4 Å². The molecule has 0 amide bonds. The molecule has 1 aromatic heterocycles. The Morgan fingerprint density at radius 2 is 2.06 bits per heavy atom. The van der Waals surface area contributed by atoms with Crippen LogP contribution in [0, 0.1) is 17.8 Å². The molecule has 0 bridgehead atoms. The second-order valence-corrected chi connectivity index (χ2v) is 10.8. The Morgan fingerprint density at radius 3 is 2.74 bits per heavy atom. The molecule has 1 aliphatic heterocycles. The van der Waals surface area contributed by atoms with Crippen molar-refractivity contribution in [1.82, 2.24) is 19.2 Å². The topological polar surface area (TPSA) is 95.9 Å². The molecule has 0 radical (unpaired) electrons. The van der Waals surface area contributed by atoms with Gasteiger partial charge in [0, 0.05) is 61.5 Å². The summed E-state index contributed by atoms with van der Waals surface area (Å²) in [6, 6.07) is 4.44. The number of likely N-dealkylation sites (N-methyl/N-ethyl adjacent to an activating group) is 1. The van der Waals surface area contributed by atoms with Crippen LogP contribution >= 0.6 is 0 Å². The van der Waals surface area contributed by atoms with Crippen LogP contribution in [0.3, 0.4) is 0 Å². The van der Waals surface area contributed by atoms with Gasteiger partial charge < -0.3 is 9.84 Å². The Balaban J connectivity index is 1.97. The monoisotopic (exact) mass is 486 g/mol. The standard InChI is InChI=1S/C25H34N4O4S/c1-5-6-7-8-21-9-10-25-23(11-21)33-24(16-28(4)15-22-12-26-18-27-13-22)19(2)14-29(20(3)17-30)34(25,31)32/h9-13,18-20,24,30H,5-6,14-17H2,1-4H3/t19-,20+,24-/m1/s1. The van der Waals surface area contributed by atoms with Crippen molar-refractivity contribution in [3.05, 3.63) is 48.0 Å². The fraction of sp³-hybridized carbons (Fsp3) is 0.520. The van der Waals surface area contributed by atoms with Crippen LogP contribution in [0.4, 0.5) is 0 Å².